The lowest BCUT2D eigenvalue weighted by Crippen LogP contribution is -2.81. The molecule has 2 heterocycles. The van der Waals surface area contributed by atoms with E-state index in [0.717, 1.165) is 66.8 Å². The largest absolute Gasteiger partial charge is 0.489 e. The lowest BCUT2D eigenvalue weighted by atomic mass is 9.38. The molecule has 4 saturated carbocycles. The van der Waals surface area contributed by atoms with Crippen molar-refractivity contribution in [3.63, 3.8) is 0 Å². The van der Waals surface area contributed by atoms with Gasteiger partial charge in [-0.25, -0.2) is 4.98 Å². The molecule has 1 aliphatic heterocycles. The van der Waals surface area contributed by atoms with E-state index in [9.17, 15) is 29.5 Å². The molecule has 1 aromatic heterocycles. The smallest absolute Gasteiger partial charge is 0.246 e. The van der Waals surface area contributed by atoms with Gasteiger partial charge >= 0.3 is 0 Å². The number of nitrogens with zero attached hydrogens (tertiary/aromatic N) is 3. The number of nitriles is 1. The Morgan fingerprint density at radius 2 is 1.70 bits per heavy atom. The minimum absolute atomic E-state index is 0.00611. The Bertz CT molecular complexity index is 2340. The molecule has 5 aliphatic rings. The number of benzene rings is 2. The summed E-state index contributed by atoms with van der Waals surface area (Å²) in [7, 11) is 0. The van der Waals surface area contributed by atoms with E-state index >= 15 is 0 Å². The number of thiazole rings is 1. The zero-order valence-corrected chi connectivity index (χ0v) is 42.0. The summed E-state index contributed by atoms with van der Waals surface area (Å²) < 4.78 is 12.1. The van der Waals surface area contributed by atoms with Gasteiger partial charge in [0.25, 0.3) is 0 Å². The summed E-state index contributed by atoms with van der Waals surface area (Å²) in [6.45, 7) is 18.9. The van der Waals surface area contributed by atoms with Gasteiger partial charge in [0.15, 0.2) is 0 Å². The number of amides is 4. The molecule has 5 N–H and O–H groups in total. The Labute approximate surface area is 404 Å². The summed E-state index contributed by atoms with van der Waals surface area (Å²) in [4.78, 5) is 61.3. The van der Waals surface area contributed by atoms with Crippen LogP contribution in [0.25, 0.3) is 10.4 Å². The van der Waals surface area contributed by atoms with E-state index in [1.165, 1.54) is 4.90 Å². The molecule has 0 radical (unpaired) electrons. The lowest BCUT2D eigenvalue weighted by molar-refractivity contribution is -0.199. The van der Waals surface area contributed by atoms with Gasteiger partial charge in [-0.05, 0) is 87.6 Å². The van der Waals surface area contributed by atoms with Gasteiger partial charge in [-0.15, -0.1) is 11.3 Å². The Hall–Kier alpha value is -4.59. The van der Waals surface area contributed by atoms with Gasteiger partial charge in [-0.1, -0.05) is 84.3 Å². The number of halogens is 1. The molecular formula is C51H68ClN7O7S. The van der Waals surface area contributed by atoms with Crippen molar-refractivity contribution < 1.29 is 33.8 Å². The molecule has 2 aromatic carbocycles. The third kappa shape index (κ3) is 10.4. The molecule has 4 atom stereocenters. The van der Waals surface area contributed by atoms with Crippen LogP contribution in [0.4, 0.5) is 0 Å². The molecule has 8 rings (SSSR count). The molecule has 16 heteroatoms. The molecule has 4 amide bonds. The first-order chi connectivity index (χ1) is 31.5. The van der Waals surface area contributed by atoms with E-state index in [-0.39, 0.29) is 71.4 Å². The maximum atomic E-state index is 14.1. The molecule has 2 bridgehead atoms. The number of unbranched alkanes of at least 4 members (excludes halogenated alkanes) is 2. The highest BCUT2D eigenvalue weighted by atomic mass is 35.5. The number of hydrogen-bond acceptors (Lipinski definition) is 11. The van der Waals surface area contributed by atoms with Crippen LogP contribution in [0, 0.1) is 39.9 Å². The fourth-order valence-corrected chi connectivity index (χ4v) is 12.4. The fraction of sp³-hybridized carbons (Fsp3) is 0.608. The predicted molar refractivity (Wildman–Crippen MR) is 258 cm³/mol. The van der Waals surface area contributed by atoms with Gasteiger partial charge in [0.05, 0.1) is 44.2 Å². The fourth-order valence-electron chi connectivity index (χ4n) is 11.3. The summed E-state index contributed by atoms with van der Waals surface area (Å²) in [5.41, 5.74) is 3.52. The summed E-state index contributed by atoms with van der Waals surface area (Å²) in [5.74, 6) is -0.477. The zero-order valence-electron chi connectivity index (χ0n) is 40.4. The van der Waals surface area contributed by atoms with E-state index < -0.39 is 35.4 Å². The van der Waals surface area contributed by atoms with Crippen molar-refractivity contribution in [3.05, 3.63) is 69.8 Å². The first kappa shape index (κ1) is 50.3. The monoisotopic (exact) mass is 957 g/mol. The standard InChI is InChI=1S/C51H68ClN7O7S/c1-30(32-13-15-33(16-14-32)40-31(2)54-29-67-40)56-42(62)38-21-35(60)24-59(38)43(63)41(47(3,4)5)57-39(61)25-65-20-12-10-11-19-55-51-26-50(27-51,28-51)46(64)58-44-48(6,7)45(49(44,8)9)66-36-18-17-34(23-53)37(52)22-36/h13-18,22,29-30,35,38,41,44-45,55,60H,10-12,19-21,24-28H2,1-9H3,(H,56,62)(H,57,61)(H,58,64)/t30-,35+,38-,41+,44-,45-,50?,51?/m0/s1. The van der Waals surface area contributed by atoms with E-state index in [4.69, 9.17) is 21.1 Å². The van der Waals surface area contributed by atoms with Crippen LogP contribution in [-0.4, -0.2) is 101 Å². The maximum Gasteiger partial charge on any atom is 0.246 e. The van der Waals surface area contributed by atoms with Crippen LogP contribution in [0.2, 0.25) is 5.02 Å². The van der Waals surface area contributed by atoms with E-state index in [0.29, 0.717) is 22.9 Å². The number of aliphatic hydroxyl groups excluding tert-OH is 1. The Morgan fingerprint density at radius 1 is 1.01 bits per heavy atom. The van der Waals surface area contributed by atoms with Crippen molar-refractivity contribution >= 4 is 46.6 Å². The molecule has 1 saturated heterocycles. The Balaban J connectivity index is 0.786. The topological polar surface area (TPSA) is 195 Å². The number of aromatic nitrogens is 1. The number of hydrogen-bond donors (Lipinski definition) is 5. The molecule has 0 spiro atoms. The first-order valence-electron chi connectivity index (χ1n) is 23.6. The van der Waals surface area contributed by atoms with Crippen molar-refractivity contribution in [2.24, 2.45) is 21.7 Å². The second-order valence-corrected chi connectivity index (χ2v) is 23.1. The SMILES string of the molecule is Cc1ncsc1-c1ccc([C@H](C)NC(=O)[C@@H]2C[C@@H](O)CN2C(=O)[C@@H](NC(=O)COCCCCCNC23CC(C(=O)N[C@H]4C(C)(C)[C@H](Oc5ccc(C#N)c(Cl)c5)C4(C)C)(C2)C3)C(C)(C)C)cc1. The van der Waals surface area contributed by atoms with Crippen LogP contribution in [0.1, 0.15) is 123 Å². The summed E-state index contributed by atoms with van der Waals surface area (Å²) in [6.07, 6.45) is 4.16. The second kappa shape index (κ2) is 19.4. The van der Waals surface area contributed by atoms with Gasteiger partial charge in [0, 0.05) is 48.0 Å². The average molecular weight is 959 g/mol. The molecule has 5 fully saturated rings. The Morgan fingerprint density at radius 3 is 2.31 bits per heavy atom. The van der Waals surface area contributed by atoms with Crippen LogP contribution in [-0.2, 0) is 23.9 Å². The third-order valence-corrected chi connectivity index (χ3v) is 16.0. The molecule has 14 nitrogen and oxygen atoms in total. The van der Waals surface area contributed by atoms with E-state index in [1.54, 1.807) is 29.5 Å². The van der Waals surface area contributed by atoms with Crippen LogP contribution < -0.4 is 26.0 Å². The van der Waals surface area contributed by atoms with Crippen LogP contribution in [0.15, 0.2) is 48.0 Å². The number of carbonyl (C=O) groups is 4. The quantitative estimate of drug-likeness (QED) is 0.0781. The minimum Gasteiger partial charge on any atom is -0.489 e. The zero-order chi connectivity index (χ0) is 48.7. The van der Waals surface area contributed by atoms with Crippen molar-refractivity contribution in [2.75, 3.05) is 26.3 Å². The molecule has 362 valence electrons. The highest BCUT2D eigenvalue weighted by Crippen LogP contribution is 2.68. The molecule has 4 aliphatic carbocycles. The number of aryl methyl sites for hydroxylation is 1. The normalized spacial score (nSPS) is 26.4. The molecule has 0 unspecified atom stereocenters. The average Bonchev–Trinajstić information content (AvgIpc) is 3.86. The minimum atomic E-state index is -0.942. The van der Waals surface area contributed by atoms with Crippen molar-refractivity contribution in [3.8, 4) is 22.3 Å². The van der Waals surface area contributed by atoms with Gasteiger partial charge in [-0.3, -0.25) is 19.2 Å². The molecule has 67 heavy (non-hydrogen) atoms. The van der Waals surface area contributed by atoms with Crippen LogP contribution >= 0.6 is 22.9 Å². The van der Waals surface area contributed by atoms with Crippen molar-refractivity contribution in [1.82, 2.24) is 31.2 Å². The third-order valence-electron chi connectivity index (χ3n) is 14.7. The highest BCUT2D eigenvalue weighted by Gasteiger charge is 2.73. The number of carbonyl (C=O) groups excluding carboxylic acids is 4. The van der Waals surface area contributed by atoms with Crippen LogP contribution in [0.3, 0.4) is 0 Å². The number of nitrogens with one attached hydrogen (secondary N) is 4. The predicted octanol–water partition coefficient (Wildman–Crippen LogP) is 7.01. The van der Waals surface area contributed by atoms with Gasteiger partial charge in [-0.2, -0.15) is 5.26 Å². The molecular weight excluding hydrogens is 890 g/mol. The number of likely N-dealkylation sites (tertiary alicyclic amines) is 1. The summed E-state index contributed by atoms with van der Waals surface area (Å²) in [5, 5.41) is 33.2. The first-order valence-corrected chi connectivity index (χ1v) is 24.8. The number of β-amino-alcohol motifs (C(OH)–C–C–N with tert-alkyl or cyclic N) is 1. The summed E-state index contributed by atoms with van der Waals surface area (Å²) in [6, 6.07) is 12.9. The van der Waals surface area contributed by atoms with Crippen molar-refractivity contribution in [2.45, 2.75) is 149 Å². The Kier molecular flexibility index (Phi) is 14.6. The van der Waals surface area contributed by atoms with Crippen molar-refractivity contribution in [1.29, 1.82) is 5.26 Å². The van der Waals surface area contributed by atoms with E-state index in [1.807, 2.05) is 64.4 Å². The second-order valence-electron chi connectivity index (χ2n) is 21.8. The number of aliphatic hydroxyl groups is 1. The highest BCUT2D eigenvalue weighted by molar-refractivity contribution is 7.13. The number of ether oxygens (including phenoxy) is 2. The molecule has 3 aromatic rings. The lowest BCUT2D eigenvalue weighted by Gasteiger charge is -2.71. The number of rotatable bonds is 19. The maximum absolute atomic E-state index is 14.1. The van der Waals surface area contributed by atoms with Gasteiger partial charge in [0.1, 0.15) is 36.6 Å². The van der Waals surface area contributed by atoms with Gasteiger partial charge < -0.3 is 40.7 Å². The van der Waals surface area contributed by atoms with E-state index in [2.05, 4.69) is 60.0 Å². The summed E-state index contributed by atoms with van der Waals surface area (Å²) >= 11 is 7.84. The van der Waals surface area contributed by atoms with Gasteiger partial charge in [0.2, 0.25) is 23.6 Å². The van der Waals surface area contributed by atoms with Crippen LogP contribution in [0.5, 0.6) is 5.75 Å².